The Hall–Kier alpha value is -3.11. The minimum Gasteiger partial charge on any atom is -0.352 e. The molecule has 3 rings (SSSR count). The predicted molar refractivity (Wildman–Crippen MR) is 143 cm³/mol. The van der Waals surface area contributed by atoms with Crippen molar-refractivity contribution in [3.63, 3.8) is 0 Å². The molecule has 3 aromatic carbocycles. The summed E-state index contributed by atoms with van der Waals surface area (Å²) in [6, 6.07) is 22.8. The third-order valence-electron chi connectivity index (χ3n) is 6.44. The number of carbonyl (C=O) groups excluding carboxylic acids is 2. The van der Waals surface area contributed by atoms with E-state index >= 15 is 0 Å². The molecule has 0 saturated carbocycles. The van der Waals surface area contributed by atoms with Gasteiger partial charge in [0.1, 0.15) is 6.04 Å². The average Bonchev–Trinajstić information content (AvgIpc) is 2.84. The van der Waals surface area contributed by atoms with Gasteiger partial charge in [-0.15, -0.1) is 0 Å². The van der Waals surface area contributed by atoms with E-state index in [9.17, 15) is 9.59 Å². The minimum absolute atomic E-state index is 0.0173. The van der Waals surface area contributed by atoms with Crippen LogP contribution in [0.4, 0.5) is 0 Å². The molecule has 0 aromatic heterocycles. The molecule has 0 aliphatic heterocycles. The van der Waals surface area contributed by atoms with E-state index in [4.69, 9.17) is 11.6 Å². The third-order valence-corrected chi connectivity index (χ3v) is 6.68. The molecular weight excluding hydrogens is 456 g/mol. The first-order valence-electron chi connectivity index (χ1n) is 12.2. The highest BCUT2D eigenvalue weighted by Gasteiger charge is 2.31. The minimum atomic E-state index is -0.649. The van der Waals surface area contributed by atoms with Crippen molar-refractivity contribution < 1.29 is 9.59 Å². The zero-order valence-electron chi connectivity index (χ0n) is 21.1. The van der Waals surface area contributed by atoms with Crippen LogP contribution in [0.1, 0.15) is 48.1 Å². The van der Waals surface area contributed by atoms with Crippen LogP contribution in [0.15, 0.2) is 72.8 Å². The number of hydrogen-bond acceptors (Lipinski definition) is 2. The Labute approximate surface area is 214 Å². The Balaban J connectivity index is 1.98. The van der Waals surface area contributed by atoms with Crippen LogP contribution in [-0.2, 0) is 29.0 Å². The fourth-order valence-electron chi connectivity index (χ4n) is 4.02. The van der Waals surface area contributed by atoms with Crippen molar-refractivity contribution in [2.45, 2.75) is 65.6 Å². The normalized spacial score (nSPS) is 12.6. The summed E-state index contributed by atoms with van der Waals surface area (Å²) in [5.41, 5.74) is 5.17. The lowest BCUT2D eigenvalue weighted by molar-refractivity contribution is -0.141. The molecule has 0 saturated heterocycles. The fourth-order valence-corrected chi connectivity index (χ4v) is 4.23. The van der Waals surface area contributed by atoms with E-state index in [1.165, 1.54) is 5.56 Å². The summed E-state index contributed by atoms with van der Waals surface area (Å²) in [4.78, 5) is 29.1. The van der Waals surface area contributed by atoms with Gasteiger partial charge >= 0.3 is 0 Å². The molecule has 3 aromatic rings. The Morgan fingerprint density at radius 2 is 1.60 bits per heavy atom. The largest absolute Gasteiger partial charge is 0.352 e. The molecule has 5 heteroatoms. The molecule has 35 heavy (non-hydrogen) atoms. The van der Waals surface area contributed by atoms with E-state index < -0.39 is 6.04 Å². The lowest BCUT2D eigenvalue weighted by atomic mass is 10.00. The Morgan fingerprint density at radius 3 is 2.26 bits per heavy atom. The maximum atomic E-state index is 13.8. The van der Waals surface area contributed by atoms with Gasteiger partial charge in [-0.1, -0.05) is 79.2 Å². The van der Waals surface area contributed by atoms with Crippen molar-refractivity contribution in [3.05, 3.63) is 106 Å². The van der Waals surface area contributed by atoms with Gasteiger partial charge in [-0.2, -0.15) is 0 Å². The van der Waals surface area contributed by atoms with Crippen LogP contribution >= 0.6 is 11.6 Å². The summed E-state index contributed by atoms with van der Waals surface area (Å²) in [6.07, 6.45) is 1.47. The number of halogens is 1. The third kappa shape index (κ3) is 7.69. The maximum absolute atomic E-state index is 13.8. The van der Waals surface area contributed by atoms with E-state index in [2.05, 4.69) is 18.3 Å². The van der Waals surface area contributed by atoms with Crippen LogP contribution in [-0.4, -0.2) is 28.8 Å². The molecular formula is C30H35ClN2O2. The van der Waals surface area contributed by atoms with Crippen molar-refractivity contribution in [1.29, 1.82) is 0 Å². The van der Waals surface area contributed by atoms with Crippen LogP contribution in [0.25, 0.3) is 0 Å². The second-order valence-corrected chi connectivity index (χ2v) is 9.71. The first-order valence-corrected chi connectivity index (χ1v) is 12.6. The highest BCUT2D eigenvalue weighted by molar-refractivity contribution is 6.30. The zero-order chi connectivity index (χ0) is 25.4. The molecule has 0 heterocycles. The monoisotopic (exact) mass is 490 g/mol. The summed E-state index contributed by atoms with van der Waals surface area (Å²) in [5.74, 6) is -0.230. The Kier molecular flexibility index (Phi) is 9.50. The highest BCUT2D eigenvalue weighted by Crippen LogP contribution is 2.20. The van der Waals surface area contributed by atoms with Gasteiger partial charge in [-0.05, 0) is 67.1 Å². The molecule has 4 nitrogen and oxygen atoms in total. The fraction of sp³-hybridized carbons (Fsp3) is 0.333. The number of benzene rings is 3. The molecule has 0 unspecified atom stereocenters. The maximum Gasteiger partial charge on any atom is 0.243 e. The van der Waals surface area contributed by atoms with Crippen molar-refractivity contribution in [1.82, 2.24) is 10.2 Å². The van der Waals surface area contributed by atoms with Crippen LogP contribution in [0, 0.1) is 13.8 Å². The summed E-state index contributed by atoms with van der Waals surface area (Å²) >= 11 is 6.25. The molecule has 0 bridgehead atoms. The summed E-state index contributed by atoms with van der Waals surface area (Å²) in [7, 11) is 0. The van der Waals surface area contributed by atoms with Gasteiger partial charge in [-0.25, -0.2) is 0 Å². The van der Waals surface area contributed by atoms with Gasteiger partial charge in [0.05, 0.1) is 6.42 Å². The summed E-state index contributed by atoms with van der Waals surface area (Å²) < 4.78 is 0. The van der Waals surface area contributed by atoms with Crippen molar-refractivity contribution in [3.8, 4) is 0 Å². The SMILES string of the molecule is CC[C@@H](C)NC(=O)[C@@H](Cc1ccccc1)N(Cc1cccc(Cl)c1)C(=O)Cc1ccc(C)c(C)c1. The molecule has 0 aliphatic rings. The number of nitrogens with zero attached hydrogens (tertiary/aromatic N) is 1. The zero-order valence-corrected chi connectivity index (χ0v) is 21.8. The second kappa shape index (κ2) is 12.6. The number of aryl methyl sites for hydroxylation is 2. The lowest BCUT2D eigenvalue weighted by Crippen LogP contribution is -2.52. The molecule has 0 spiro atoms. The number of carbonyl (C=O) groups is 2. The van der Waals surface area contributed by atoms with Crippen LogP contribution in [0.5, 0.6) is 0 Å². The molecule has 1 N–H and O–H groups in total. The van der Waals surface area contributed by atoms with Gasteiger partial charge in [0.25, 0.3) is 0 Å². The van der Waals surface area contributed by atoms with Gasteiger partial charge < -0.3 is 10.2 Å². The second-order valence-electron chi connectivity index (χ2n) is 9.27. The number of amides is 2. The standard InChI is InChI=1S/C30H35ClN2O2/c1-5-23(4)32-30(35)28(18-24-10-7-6-8-11-24)33(20-26-12-9-13-27(31)17-26)29(34)19-25-15-14-21(2)22(3)16-25/h6-17,23,28H,5,18-20H2,1-4H3,(H,32,35)/t23-,28-/m1/s1. The van der Waals surface area contributed by atoms with Gasteiger partial charge in [0.2, 0.25) is 11.8 Å². The number of rotatable bonds is 10. The number of hydrogen-bond donors (Lipinski definition) is 1. The van der Waals surface area contributed by atoms with Crippen LogP contribution in [0.3, 0.4) is 0 Å². The Morgan fingerprint density at radius 1 is 0.886 bits per heavy atom. The molecule has 0 fully saturated rings. The molecule has 2 atom stereocenters. The molecule has 2 amide bonds. The number of nitrogens with one attached hydrogen (secondary N) is 1. The van der Waals surface area contributed by atoms with E-state index in [-0.39, 0.29) is 24.3 Å². The molecule has 0 radical (unpaired) electrons. The van der Waals surface area contributed by atoms with E-state index in [1.807, 2.05) is 87.5 Å². The quantitative estimate of drug-likeness (QED) is 0.376. The Bertz CT molecular complexity index is 1150. The summed E-state index contributed by atoms with van der Waals surface area (Å²) in [6.45, 7) is 8.42. The van der Waals surface area contributed by atoms with Crippen molar-refractivity contribution in [2.75, 3.05) is 0 Å². The molecule has 0 aliphatic carbocycles. The van der Waals surface area contributed by atoms with Gasteiger partial charge in [-0.3, -0.25) is 9.59 Å². The van der Waals surface area contributed by atoms with Crippen molar-refractivity contribution >= 4 is 23.4 Å². The summed E-state index contributed by atoms with van der Waals surface area (Å²) in [5, 5.41) is 3.71. The van der Waals surface area contributed by atoms with Gasteiger partial charge in [0, 0.05) is 24.0 Å². The average molecular weight is 491 g/mol. The van der Waals surface area contributed by atoms with Crippen LogP contribution < -0.4 is 5.32 Å². The van der Waals surface area contributed by atoms with Crippen molar-refractivity contribution in [2.24, 2.45) is 0 Å². The van der Waals surface area contributed by atoms with E-state index in [1.54, 1.807) is 4.90 Å². The smallest absolute Gasteiger partial charge is 0.243 e. The highest BCUT2D eigenvalue weighted by atomic mass is 35.5. The first-order chi connectivity index (χ1) is 16.8. The van der Waals surface area contributed by atoms with E-state index in [0.29, 0.717) is 18.0 Å². The van der Waals surface area contributed by atoms with Crippen LogP contribution in [0.2, 0.25) is 5.02 Å². The topological polar surface area (TPSA) is 49.4 Å². The predicted octanol–water partition coefficient (Wildman–Crippen LogP) is 6.05. The lowest BCUT2D eigenvalue weighted by Gasteiger charge is -2.32. The van der Waals surface area contributed by atoms with E-state index in [0.717, 1.165) is 28.7 Å². The first kappa shape index (κ1) is 26.5. The molecule has 184 valence electrons. The van der Waals surface area contributed by atoms with Gasteiger partial charge in [0.15, 0.2) is 0 Å².